The van der Waals surface area contributed by atoms with E-state index in [2.05, 4.69) is 5.32 Å². The molecule has 0 aromatic carbocycles. The van der Waals surface area contributed by atoms with E-state index < -0.39 is 0 Å². The average molecular weight is 141 g/mol. The number of esters is 1. The number of carbonyl (C=O) groups excluding carboxylic acids is 1. The Kier molecular flexibility index (Phi) is 1.94. The van der Waals surface area contributed by atoms with Crippen LogP contribution in [0.5, 0.6) is 0 Å². The number of hydrogen-bond donors (Lipinski definition) is 1. The van der Waals surface area contributed by atoms with Crippen LogP contribution in [0, 0.1) is 0 Å². The van der Waals surface area contributed by atoms with Gasteiger partial charge in [0.15, 0.2) is 0 Å². The van der Waals surface area contributed by atoms with Crippen molar-refractivity contribution in [3.8, 4) is 0 Å². The zero-order valence-electron chi connectivity index (χ0n) is 6.23. The third-order valence-electron chi connectivity index (χ3n) is 1.66. The van der Waals surface area contributed by atoms with Gasteiger partial charge in [0.25, 0.3) is 0 Å². The van der Waals surface area contributed by atoms with Crippen LogP contribution in [0.3, 0.4) is 0 Å². The number of hydrogen-bond acceptors (Lipinski definition) is 3. The van der Waals surface area contributed by atoms with E-state index in [1.54, 1.807) is 7.05 Å². The van der Waals surface area contributed by atoms with Crippen molar-refractivity contribution in [2.45, 2.75) is 13.3 Å². The zero-order valence-corrected chi connectivity index (χ0v) is 6.23. The van der Waals surface area contributed by atoms with Crippen molar-refractivity contribution in [2.24, 2.45) is 0 Å². The molecule has 0 aromatic rings. The normalized spacial score (nSPS) is 22.4. The number of nitrogens with one attached hydrogen (secondary N) is 1. The van der Waals surface area contributed by atoms with Crippen molar-refractivity contribution in [1.82, 2.24) is 5.32 Å². The number of ether oxygens (including phenoxy) is 1. The lowest BCUT2D eigenvalue weighted by atomic mass is 10.2. The molecule has 0 atom stereocenters. The van der Waals surface area contributed by atoms with Gasteiger partial charge in [0.2, 0.25) is 0 Å². The van der Waals surface area contributed by atoms with Gasteiger partial charge < -0.3 is 10.1 Å². The van der Waals surface area contributed by atoms with Gasteiger partial charge in [-0.25, -0.2) is 4.79 Å². The van der Waals surface area contributed by atoms with Gasteiger partial charge in [0, 0.05) is 19.2 Å². The topological polar surface area (TPSA) is 38.3 Å². The van der Waals surface area contributed by atoms with Crippen LogP contribution in [-0.2, 0) is 9.53 Å². The van der Waals surface area contributed by atoms with Crippen molar-refractivity contribution in [3.63, 3.8) is 0 Å². The van der Waals surface area contributed by atoms with Gasteiger partial charge >= 0.3 is 5.97 Å². The van der Waals surface area contributed by atoms with Gasteiger partial charge in [0.1, 0.15) is 0 Å². The van der Waals surface area contributed by atoms with E-state index in [-0.39, 0.29) is 5.97 Å². The Morgan fingerprint density at radius 3 is 2.80 bits per heavy atom. The third-order valence-corrected chi connectivity index (χ3v) is 1.66. The van der Waals surface area contributed by atoms with E-state index in [0.29, 0.717) is 6.61 Å². The van der Waals surface area contributed by atoms with Gasteiger partial charge in [-0.2, -0.15) is 0 Å². The minimum absolute atomic E-state index is 0.174. The number of rotatable bonds is 1. The van der Waals surface area contributed by atoms with E-state index in [1.165, 1.54) is 0 Å². The molecule has 0 amide bonds. The molecule has 1 aliphatic rings. The molecule has 0 unspecified atom stereocenters. The highest BCUT2D eigenvalue weighted by atomic mass is 16.5. The lowest BCUT2D eigenvalue weighted by molar-refractivity contribution is -0.135. The minimum Gasteiger partial charge on any atom is -0.462 e. The Labute approximate surface area is 60.1 Å². The van der Waals surface area contributed by atoms with Gasteiger partial charge in [0.05, 0.1) is 12.2 Å². The first kappa shape index (κ1) is 7.12. The van der Waals surface area contributed by atoms with Crippen molar-refractivity contribution in [1.29, 1.82) is 0 Å². The van der Waals surface area contributed by atoms with E-state index in [1.807, 2.05) is 6.92 Å². The second kappa shape index (κ2) is 2.73. The first-order valence-corrected chi connectivity index (χ1v) is 3.30. The van der Waals surface area contributed by atoms with Gasteiger partial charge in [-0.3, -0.25) is 0 Å². The predicted molar refractivity (Wildman–Crippen MR) is 37.3 cm³/mol. The average Bonchev–Trinajstić information content (AvgIpc) is 2.34. The lowest BCUT2D eigenvalue weighted by Crippen LogP contribution is -2.08. The molecule has 1 aliphatic heterocycles. The summed E-state index contributed by atoms with van der Waals surface area (Å²) in [6, 6.07) is 0. The van der Waals surface area contributed by atoms with E-state index in [0.717, 1.165) is 17.7 Å². The SMILES string of the molecule is CN/C(C)=C1\CCOC1=O. The molecule has 0 radical (unpaired) electrons. The smallest absolute Gasteiger partial charge is 0.335 e. The molecule has 3 nitrogen and oxygen atoms in total. The molecular weight excluding hydrogens is 130 g/mol. The molecule has 10 heavy (non-hydrogen) atoms. The molecule has 0 aromatic heterocycles. The summed E-state index contributed by atoms with van der Waals surface area (Å²) in [4.78, 5) is 10.9. The van der Waals surface area contributed by atoms with Crippen LogP contribution >= 0.6 is 0 Å². The maximum atomic E-state index is 10.9. The van der Waals surface area contributed by atoms with Crippen LogP contribution in [0.2, 0.25) is 0 Å². The summed E-state index contributed by atoms with van der Waals surface area (Å²) in [6.45, 7) is 2.41. The molecule has 1 saturated heterocycles. The number of carbonyl (C=O) groups is 1. The first-order valence-electron chi connectivity index (χ1n) is 3.30. The van der Waals surface area contributed by atoms with Crippen LogP contribution in [0.25, 0.3) is 0 Å². The molecule has 0 spiro atoms. The van der Waals surface area contributed by atoms with Crippen LogP contribution in [0.1, 0.15) is 13.3 Å². The summed E-state index contributed by atoms with van der Waals surface area (Å²) >= 11 is 0. The second-order valence-corrected chi connectivity index (χ2v) is 2.24. The van der Waals surface area contributed by atoms with Crippen molar-refractivity contribution in [3.05, 3.63) is 11.3 Å². The van der Waals surface area contributed by atoms with E-state index in [9.17, 15) is 4.79 Å². The van der Waals surface area contributed by atoms with E-state index >= 15 is 0 Å². The number of cyclic esters (lactones) is 1. The van der Waals surface area contributed by atoms with Gasteiger partial charge in [-0.1, -0.05) is 0 Å². The monoisotopic (exact) mass is 141 g/mol. The zero-order chi connectivity index (χ0) is 7.56. The highest BCUT2D eigenvalue weighted by Crippen LogP contribution is 2.15. The fourth-order valence-electron chi connectivity index (χ4n) is 0.926. The Bertz CT molecular complexity index is 184. The van der Waals surface area contributed by atoms with Gasteiger partial charge in [-0.05, 0) is 6.92 Å². The minimum atomic E-state index is -0.174. The summed E-state index contributed by atoms with van der Waals surface area (Å²) in [5.41, 5.74) is 1.70. The summed E-state index contributed by atoms with van der Waals surface area (Å²) in [6.07, 6.45) is 0.742. The summed E-state index contributed by atoms with van der Waals surface area (Å²) in [7, 11) is 1.80. The lowest BCUT2D eigenvalue weighted by Gasteiger charge is -1.99. The molecule has 1 N–H and O–H groups in total. The summed E-state index contributed by atoms with van der Waals surface area (Å²) in [5.74, 6) is -0.174. The van der Waals surface area contributed by atoms with Crippen LogP contribution in [-0.4, -0.2) is 19.6 Å². The second-order valence-electron chi connectivity index (χ2n) is 2.24. The molecule has 1 rings (SSSR count). The molecule has 1 fully saturated rings. The predicted octanol–water partition coefficient (Wildman–Crippen LogP) is 0.427. The quantitative estimate of drug-likeness (QED) is 0.425. The standard InChI is InChI=1S/C7H11NO2/c1-5(8-2)6-3-4-10-7(6)9/h8H,3-4H2,1-2H3/b6-5+. The molecule has 0 aliphatic carbocycles. The Hall–Kier alpha value is -0.990. The number of allylic oxidation sites excluding steroid dienone is 1. The van der Waals surface area contributed by atoms with Crippen molar-refractivity contribution >= 4 is 5.97 Å². The summed E-state index contributed by atoms with van der Waals surface area (Å²) < 4.78 is 4.75. The van der Waals surface area contributed by atoms with Crippen molar-refractivity contribution in [2.75, 3.05) is 13.7 Å². The highest BCUT2D eigenvalue weighted by Gasteiger charge is 2.20. The fourth-order valence-corrected chi connectivity index (χ4v) is 0.926. The maximum absolute atomic E-state index is 10.9. The maximum Gasteiger partial charge on any atom is 0.335 e. The first-order chi connectivity index (χ1) is 4.75. The molecule has 56 valence electrons. The Morgan fingerprint density at radius 2 is 2.40 bits per heavy atom. The van der Waals surface area contributed by atoms with Crippen molar-refractivity contribution < 1.29 is 9.53 Å². The molecule has 0 bridgehead atoms. The highest BCUT2D eigenvalue weighted by molar-refractivity contribution is 5.90. The van der Waals surface area contributed by atoms with Gasteiger partial charge in [-0.15, -0.1) is 0 Å². The molecule has 0 saturated carbocycles. The molecule has 3 heteroatoms. The Balaban J connectivity index is 2.79. The van der Waals surface area contributed by atoms with Crippen LogP contribution < -0.4 is 5.32 Å². The third kappa shape index (κ3) is 1.12. The fraction of sp³-hybridized carbons (Fsp3) is 0.571. The molecule has 1 heterocycles. The van der Waals surface area contributed by atoms with Crippen LogP contribution in [0.4, 0.5) is 0 Å². The van der Waals surface area contributed by atoms with Crippen LogP contribution in [0.15, 0.2) is 11.3 Å². The largest absolute Gasteiger partial charge is 0.462 e. The Morgan fingerprint density at radius 1 is 1.70 bits per heavy atom. The van der Waals surface area contributed by atoms with E-state index in [4.69, 9.17) is 4.74 Å². The summed E-state index contributed by atoms with van der Waals surface area (Å²) in [5, 5.41) is 2.92. The molecular formula is C7H11NO2.